The lowest BCUT2D eigenvalue weighted by Gasteiger charge is -2.35. The summed E-state index contributed by atoms with van der Waals surface area (Å²) < 4.78 is 26.3. The Hall–Kier alpha value is -2.16. The number of rotatable bonds is 4. The number of hydrogen-bond donors (Lipinski definition) is 1. The maximum absolute atomic E-state index is 12.9. The number of carbonyl (C=O) groups excluding carboxylic acids is 1. The number of sulfonamides is 1. The molecule has 1 amide bonds. The summed E-state index contributed by atoms with van der Waals surface area (Å²) in [5.74, 6) is 0.618. The molecule has 1 aliphatic heterocycles. The Morgan fingerprint density at radius 2 is 1.85 bits per heavy atom. The number of anilines is 1. The Kier molecular flexibility index (Phi) is 5.69. The van der Waals surface area contributed by atoms with E-state index in [0.717, 1.165) is 11.4 Å². The van der Waals surface area contributed by atoms with Gasteiger partial charge < -0.3 is 9.80 Å². The predicted molar refractivity (Wildman–Crippen MR) is 105 cm³/mol. The fourth-order valence-electron chi connectivity index (χ4n) is 3.00. The van der Waals surface area contributed by atoms with Gasteiger partial charge in [0, 0.05) is 31.7 Å². The lowest BCUT2D eigenvalue weighted by atomic mass is 10.1. The van der Waals surface area contributed by atoms with Gasteiger partial charge in [0.05, 0.1) is 4.90 Å². The Balaban J connectivity index is 1.75. The molecule has 9 heteroatoms. The van der Waals surface area contributed by atoms with Crippen LogP contribution in [0.15, 0.2) is 41.3 Å². The number of hydrogen-bond acceptors (Lipinski definition) is 5. The van der Waals surface area contributed by atoms with Crippen molar-refractivity contribution < 1.29 is 13.2 Å². The molecule has 1 saturated heterocycles. The number of halogens is 1. The topological polar surface area (TPSA) is 82.6 Å². The average Bonchev–Trinajstić information content (AvgIpc) is 2.68. The first-order valence-corrected chi connectivity index (χ1v) is 10.4. The van der Waals surface area contributed by atoms with Gasteiger partial charge in [-0.1, -0.05) is 23.7 Å². The van der Waals surface area contributed by atoms with E-state index in [1.54, 1.807) is 24.0 Å². The van der Waals surface area contributed by atoms with Crippen LogP contribution in [0.4, 0.5) is 5.82 Å². The first-order valence-electron chi connectivity index (χ1n) is 8.53. The maximum Gasteiger partial charge on any atom is 0.254 e. The number of benzene rings is 1. The van der Waals surface area contributed by atoms with Crippen LogP contribution in [0.25, 0.3) is 0 Å². The number of nitrogens with one attached hydrogen (secondary N) is 1. The third-order valence-corrected chi connectivity index (χ3v) is 6.23. The average molecular weight is 409 g/mol. The monoisotopic (exact) mass is 408 g/mol. The Morgan fingerprint density at radius 3 is 2.48 bits per heavy atom. The number of nitrogens with zero attached hydrogens (tertiary/aromatic N) is 3. The fraction of sp³-hybridized carbons (Fsp3) is 0.333. The van der Waals surface area contributed by atoms with Gasteiger partial charge in [-0.2, -0.15) is 0 Å². The van der Waals surface area contributed by atoms with Crippen molar-refractivity contribution in [2.24, 2.45) is 0 Å². The first-order chi connectivity index (χ1) is 12.8. The van der Waals surface area contributed by atoms with Crippen molar-refractivity contribution >= 4 is 33.3 Å². The lowest BCUT2D eigenvalue weighted by Crippen LogP contribution is -2.49. The first kappa shape index (κ1) is 19.6. The number of pyridine rings is 1. The molecule has 0 atom stereocenters. The largest absolute Gasteiger partial charge is 0.353 e. The molecule has 1 aromatic heterocycles. The van der Waals surface area contributed by atoms with Crippen molar-refractivity contribution in [1.82, 2.24) is 14.6 Å². The summed E-state index contributed by atoms with van der Waals surface area (Å²) in [6, 6.07) is 10.1. The van der Waals surface area contributed by atoms with Crippen LogP contribution in [0.2, 0.25) is 5.15 Å². The second-order valence-electron chi connectivity index (χ2n) is 6.28. The fourth-order valence-corrected chi connectivity index (χ4v) is 3.91. The summed E-state index contributed by atoms with van der Waals surface area (Å²) in [4.78, 5) is 21.1. The van der Waals surface area contributed by atoms with E-state index in [-0.39, 0.29) is 10.8 Å². The number of carbonyl (C=O) groups is 1. The SMILES string of the molecule is CNS(=O)(=O)c1ccc(C)c(C(=O)N2CCN(c3cccc(Cl)n3)CC2)c1. The molecule has 2 aromatic rings. The van der Waals surface area contributed by atoms with Gasteiger partial charge in [0.15, 0.2) is 0 Å². The van der Waals surface area contributed by atoms with Gasteiger partial charge in [0.25, 0.3) is 5.91 Å². The molecule has 0 saturated carbocycles. The van der Waals surface area contributed by atoms with Crippen molar-refractivity contribution in [2.45, 2.75) is 11.8 Å². The molecule has 0 bridgehead atoms. The van der Waals surface area contributed by atoms with Crippen molar-refractivity contribution in [1.29, 1.82) is 0 Å². The highest BCUT2D eigenvalue weighted by atomic mass is 35.5. The van der Waals surface area contributed by atoms with Crippen LogP contribution in [-0.2, 0) is 10.0 Å². The Labute approximate surface area is 164 Å². The summed E-state index contributed by atoms with van der Waals surface area (Å²) >= 11 is 5.95. The van der Waals surface area contributed by atoms with Crippen molar-refractivity contribution in [3.05, 3.63) is 52.7 Å². The molecule has 0 radical (unpaired) electrons. The summed E-state index contributed by atoms with van der Waals surface area (Å²) in [6.07, 6.45) is 0. The Bertz CT molecular complexity index is 957. The summed E-state index contributed by atoms with van der Waals surface area (Å²) in [5.41, 5.74) is 1.15. The molecular formula is C18H21ClN4O3S. The van der Waals surface area contributed by atoms with Crippen LogP contribution < -0.4 is 9.62 Å². The molecule has 144 valence electrons. The van der Waals surface area contributed by atoms with Gasteiger partial charge in [0.2, 0.25) is 10.0 Å². The molecule has 0 aliphatic carbocycles. The van der Waals surface area contributed by atoms with E-state index >= 15 is 0 Å². The van der Waals surface area contributed by atoms with E-state index in [1.165, 1.54) is 19.2 Å². The minimum Gasteiger partial charge on any atom is -0.353 e. The molecule has 1 N–H and O–H groups in total. The van der Waals surface area contributed by atoms with Crippen molar-refractivity contribution in [3.8, 4) is 0 Å². The van der Waals surface area contributed by atoms with Crippen LogP contribution in [0.5, 0.6) is 0 Å². The maximum atomic E-state index is 12.9. The standard InChI is InChI=1S/C18H21ClN4O3S/c1-13-6-7-14(27(25,26)20-2)12-15(13)18(24)23-10-8-22(9-11-23)17-5-3-4-16(19)21-17/h3-7,12,20H,8-11H2,1-2H3. The molecule has 7 nitrogen and oxygen atoms in total. The summed E-state index contributed by atoms with van der Waals surface area (Å²) in [7, 11) is -2.25. The molecule has 27 heavy (non-hydrogen) atoms. The molecule has 2 heterocycles. The van der Waals surface area contributed by atoms with Crippen LogP contribution in [0.3, 0.4) is 0 Å². The minimum absolute atomic E-state index is 0.0840. The molecule has 0 spiro atoms. The van der Waals surface area contributed by atoms with E-state index in [0.29, 0.717) is 36.9 Å². The molecule has 3 rings (SSSR count). The van der Waals surface area contributed by atoms with E-state index in [1.807, 2.05) is 12.1 Å². The highest BCUT2D eigenvalue weighted by Gasteiger charge is 2.25. The summed E-state index contributed by atoms with van der Waals surface area (Å²) in [5, 5.41) is 0.434. The van der Waals surface area contributed by atoms with E-state index in [2.05, 4.69) is 14.6 Å². The molecule has 1 fully saturated rings. The van der Waals surface area contributed by atoms with Gasteiger partial charge in [-0.3, -0.25) is 4.79 Å². The third-order valence-electron chi connectivity index (χ3n) is 4.61. The third kappa shape index (κ3) is 4.23. The Morgan fingerprint density at radius 1 is 1.15 bits per heavy atom. The smallest absolute Gasteiger partial charge is 0.254 e. The zero-order valence-corrected chi connectivity index (χ0v) is 16.7. The quantitative estimate of drug-likeness (QED) is 0.781. The number of piperazine rings is 1. The van der Waals surface area contributed by atoms with Crippen LogP contribution in [0.1, 0.15) is 15.9 Å². The highest BCUT2D eigenvalue weighted by Crippen LogP contribution is 2.20. The van der Waals surface area contributed by atoms with Gasteiger partial charge in [-0.05, 0) is 43.8 Å². The van der Waals surface area contributed by atoms with Crippen LogP contribution in [0, 0.1) is 6.92 Å². The van der Waals surface area contributed by atoms with Gasteiger partial charge in [0.1, 0.15) is 11.0 Å². The number of aryl methyl sites for hydroxylation is 1. The molecule has 1 aromatic carbocycles. The number of aromatic nitrogens is 1. The predicted octanol–water partition coefficient (Wildman–Crippen LogP) is 1.91. The van der Waals surface area contributed by atoms with Crippen molar-refractivity contribution in [3.63, 3.8) is 0 Å². The second-order valence-corrected chi connectivity index (χ2v) is 8.56. The zero-order valence-electron chi connectivity index (χ0n) is 15.1. The second kappa shape index (κ2) is 7.84. The van der Waals surface area contributed by atoms with Crippen LogP contribution >= 0.6 is 11.6 Å². The van der Waals surface area contributed by atoms with Gasteiger partial charge in [-0.25, -0.2) is 18.1 Å². The normalized spacial score (nSPS) is 15.1. The molecule has 0 unspecified atom stereocenters. The van der Waals surface area contributed by atoms with Gasteiger partial charge >= 0.3 is 0 Å². The van der Waals surface area contributed by atoms with E-state index < -0.39 is 10.0 Å². The minimum atomic E-state index is -3.60. The lowest BCUT2D eigenvalue weighted by molar-refractivity contribution is 0.0745. The zero-order chi connectivity index (χ0) is 19.6. The summed E-state index contributed by atoms with van der Waals surface area (Å²) in [6.45, 7) is 4.11. The van der Waals surface area contributed by atoms with Crippen LogP contribution in [-0.4, -0.2) is 57.4 Å². The molecular weight excluding hydrogens is 388 g/mol. The highest BCUT2D eigenvalue weighted by molar-refractivity contribution is 7.89. The van der Waals surface area contributed by atoms with Gasteiger partial charge in [-0.15, -0.1) is 0 Å². The van der Waals surface area contributed by atoms with E-state index in [4.69, 9.17) is 11.6 Å². The van der Waals surface area contributed by atoms with E-state index in [9.17, 15) is 13.2 Å². The number of amides is 1. The van der Waals surface area contributed by atoms with Crippen molar-refractivity contribution in [2.75, 3.05) is 38.1 Å². The molecule has 1 aliphatic rings.